The molecular weight excluding hydrogens is 372 g/mol. The summed E-state index contributed by atoms with van der Waals surface area (Å²) in [6.07, 6.45) is 2.13. The molecule has 3 rings (SSSR count). The molecule has 0 radical (unpaired) electrons. The summed E-state index contributed by atoms with van der Waals surface area (Å²) < 4.78 is 0. The molecule has 8 heteroatoms. The largest absolute Gasteiger partial charge is 0.381 e. The lowest BCUT2D eigenvalue weighted by Crippen LogP contribution is -2.56. The number of nitrogens with one attached hydrogen (secondary N) is 4. The van der Waals surface area contributed by atoms with Crippen molar-refractivity contribution in [1.82, 2.24) is 21.3 Å². The predicted molar refractivity (Wildman–Crippen MR) is 108 cm³/mol. The molecule has 0 aliphatic carbocycles. The average Bonchev–Trinajstić information content (AvgIpc) is 3.16. The first-order valence-corrected chi connectivity index (χ1v) is 10.4. The van der Waals surface area contributed by atoms with Crippen LogP contribution in [0.3, 0.4) is 0 Å². The number of hydrogen-bond acceptors (Lipinski definition) is 5. The van der Waals surface area contributed by atoms with Gasteiger partial charge in [0.15, 0.2) is 6.10 Å². The maximum atomic E-state index is 12.7. The minimum absolute atomic E-state index is 0.100. The molecule has 0 saturated carbocycles. The van der Waals surface area contributed by atoms with E-state index in [4.69, 9.17) is 0 Å². The second kappa shape index (κ2) is 10.4. The molecule has 0 aromatic heterocycles. The molecule has 8 nitrogen and oxygen atoms in total. The highest BCUT2D eigenvalue weighted by molar-refractivity contribution is 5.86. The first kappa shape index (κ1) is 21.3. The van der Waals surface area contributed by atoms with E-state index in [-0.39, 0.29) is 36.7 Å². The number of carbonyl (C=O) groups is 3. The summed E-state index contributed by atoms with van der Waals surface area (Å²) >= 11 is 0. The third-order valence-electron chi connectivity index (χ3n) is 5.62. The molecule has 5 N–H and O–H groups in total. The van der Waals surface area contributed by atoms with Crippen molar-refractivity contribution in [3.05, 3.63) is 35.9 Å². The lowest BCUT2D eigenvalue weighted by atomic mass is 9.93. The van der Waals surface area contributed by atoms with Gasteiger partial charge in [-0.15, -0.1) is 0 Å². The van der Waals surface area contributed by atoms with Crippen LogP contribution in [0.15, 0.2) is 30.3 Å². The molecule has 2 fully saturated rings. The Bertz CT molecular complexity index is 706. The summed E-state index contributed by atoms with van der Waals surface area (Å²) in [6.45, 7) is 1.63. The van der Waals surface area contributed by atoms with Crippen molar-refractivity contribution in [3.8, 4) is 0 Å². The number of piperidine rings is 1. The molecule has 0 spiro atoms. The van der Waals surface area contributed by atoms with Gasteiger partial charge in [0.05, 0.1) is 12.1 Å². The standard InChI is InChI=1S/C21H30N4O4/c26-18(21(29)24-13-14-6-2-1-3-7-14)17(12-15-9-11-23-19(15)27)25-20(28)16-8-4-5-10-22-16/h1-3,6-7,15-18,22,26H,4-5,8-13H2,(H,23,27)(H,24,29)(H,25,28)/t15-,16?,17-,18?/m0/s1. The molecule has 1 aromatic rings. The third kappa shape index (κ3) is 6.01. The van der Waals surface area contributed by atoms with Crippen LogP contribution in [0.5, 0.6) is 0 Å². The van der Waals surface area contributed by atoms with E-state index >= 15 is 0 Å². The fraction of sp³-hybridized carbons (Fsp3) is 0.571. The number of amides is 3. The predicted octanol–water partition coefficient (Wildman–Crippen LogP) is -0.183. The van der Waals surface area contributed by atoms with Crippen LogP contribution in [-0.2, 0) is 20.9 Å². The van der Waals surface area contributed by atoms with Crippen molar-refractivity contribution in [2.24, 2.45) is 5.92 Å². The van der Waals surface area contributed by atoms with Crippen molar-refractivity contribution >= 4 is 17.7 Å². The van der Waals surface area contributed by atoms with E-state index < -0.39 is 18.1 Å². The summed E-state index contributed by atoms with van der Waals surface area (Å²) in [5, 5.41) is 22.1. The molecule has 2 unspecified atom stereocenters. The van der Waals surface area contributed by atoms with Crippen LogP contribution < -0.4 is 21.3 Å². The minimum atomic E-state index is -1.43. The van der Waals surface area contributed by atoms with Crippen molar-refractivity contribution in [3.63, 3.8) is 0 Å². The topological polar surface area (TPSA) is 120 Å². The number of rotatable bonds is 8. The molecular formula is C21H30N4O4. The lowest BCUT2D eigenvalue weighted by Gasteiger charge is -2.29. The number of carbonyl (C=O) groups excluding carboxylic acids is 3. The number of hydrogen-bond donors (Lipinski definition) is 5. The SMILES string of the molecule is O=C(N[C@@H](C[C@@H]1CCNC1=O)C(O)C(=O)NCc1ccccc1)C1CCCCN1. The quantitative estimate of drug-likeness (QED) is 0.413. The van der Waals surface area contributed by atoms with Crippen LogP contribution in [0, 0.1) is 5.92 Å². The van der Waals surface area contributed by atoms with Crippen molar-refractivity contribution in [2.75, 3.05) is 13.1 Å². The molecule has 3 amide bonds. The smallest absolute Gasteiger partial charge is 0.251 e. The minimum Gasteiger partial charge on any atom is -0.381 e. The molecule has 4 atom stereocenters. The summed E-state index contributed by atoms with van der Waals surface area (Å²) in [7, 11) is 0. The summed E-state index contributed by atoms with van der Waals surface area (Å²) in [4.78, 5) is 37.2. The Kier molecular flexibility index (Phi) is 7.60. The van der Waals surface area contributed by atoms with Gasteiger partial charge in [-0.3, -0.25) is 14.4 Å². The highest BCUT2D eigenvalue weighted by Crippen LogP contribution is 2.19. The second-order valence-electron chi connectivity index (χ2n) is 7.78. The van der Waals surface area contributed by atoms with Crippen molar-refractivity contribution in [1.29, 1.82) is 0 Å². The van der Waals surface area contributed by atoms with E-state index in [2.05, 4.69) is 21.3 Å². The van der Waals surface area contributed by atoms with Crippen LogP contribution in [-0.4, -0.2) is 54.1 Å². The van der Waals surface area contributed by atoms with Crippen molar-refractivity contribution in [2.45, 2.75) is 56.8 Å². The van der Waals surface area contributed by atoms with Crippen LogP contribution in [0.4, 0.5) is 0 Å². The molecule has 158 valence electrons. The molecule has 29 heavy (non-hydrogen) atoms. The monoisotopic (exact) mass is 402 g/mol. The van der Waals surface area contributed by atoms with E-state index in [9.17, 15) is 19.5 Å². The molecule has 2 saturated heterocycles. The van der Waals surface area contributed by atoms with E-state index in [0.717, 1.165) is 31.4 Å². The van der Waals surface area contributed by atoms with Gasteiger partial charge in [0, 0.05) is 19.0 Å². The van der Waals surface area contributed by atoms with Crippen LogP contribution in [0.2, 0.25) is 0 Å². The lowest BCUT2D eigenvalue weighted by molar-refractivity contribution is -0.134. The number of benzene rings is 1. The first-order chi connectivity index (χ1) is 14.0. The summed E-state index contributed by atoms with van der Waals surface area (Å²) in [5.41, 5.74) is 0.912. The van der Waals surface area contributed by atoms with Gasteiger partial charge in [-0.05, 0) is 37.8 Å². The highest BCUT2D eigenvalue weighted by atomic mass is 16.3. The zero-order valence-corrected chi connectivity index (χ0v) is 16.5. The van der Waals surface area contributed by atoms with E-state index in [1.807, 2.05) is 30.3 Å². The zero-order valence-electron chi connectivity index (χ0n) is 16.5. The molecule has 1 aromatic carbocycles. The van der Waals surface area contributed by atoms with Gasteiger partial charge in [-0.2, -0.15) is 0 Å². The van der Waals surface area contributed by atoms with Crippen molar-refractivity contribution < 1.29 is 19.5 Å². The Balaban J connectivity index is 1.62. The Hall–Kier alpha value is -2.45. The van der Waals surface area contributed by atoms with Gasteiger partial charge in [-0.25, -0.2) is 0 Å². The zero-order chi connectivity index (χ0) is 20.6. The molecule has 2 heterocycles. The van der Waals surface area contributed by atoms with Gasteiger partial charge in [0.25, 0.3) is 5.91 Å². The Morgan fingerprint density at radius 1 is 1.14 bits per heavy atom. The van der Waals surface area contributed by atoms with Gasteiger partial charge in [0.1, 0.15) is 0 Å². The normalized spacial score (nSPS) is 23.7. The third-order valence-corrected chi connectivity index (χ3v) is 5.62. The maximum absolute atomic E-state index is 12.7. The van der Waals surface area contributed by atoms with E-state index in [1.165, 1.54) is 0 Å². The number of aliphatic hydroxyl groups excluding tert-OH is 1. The molecule has 2 aliphatic rings. The van der Waals surface area contributed by atoms with Crippen LogP contribution in [0.25, 0.3) is 0 Å². The summed E-state index contributed by atoms with van der Waals surface area (Å²) in [6, 6.07) is 8.23. The van der Waals surface area contributed by atoms with Gasteiger partial charge < -0.3 is 26.4 Å². The molecule has 2 aliphatic heterocycles. The van der Waals surface area contributed by atoms with E-state index in [1.54, 1.807) is 0 Å². The highest BCUT2D eigenvalue weighted by Gasteiger charge is 2.35. The molecule has 0 bridgehead atoms. The summed E-state index contributed by atoms with van der Waals surface area (Å²) in [5.74, 6) is -1.22. The Morgan fingerprint density at radius 2 is 1.93 bits per heavy atom. The van der Waals surface area contributed by atoms with Crippen LogP contribution >= 0.6 is 0 Å². The van der Waals surface area contributed by atoms with Gasteiger partial charge in [-0.1, -0.05) is 36.8 Å². The number of aliphatic hydroxyl groups is 1. The maximum Gasteiger partial charge on any atom is 0.251 e. The van der Waals surface area contributed by atoms with Gasteiger partial charge in [0.2, 0.25) is 11.8 Å². The second-order valence-corrected chi connectivity index (χ2v) is 7.78. The van der Waals surface area contributed by atoms with Crippen LogP contribution in [0.1, 0.15) is 37.7 Å². The van der Waals surface area contributed by atoms with E-state index in [0.29, 0.717) is 13.0 Å². The fourth-order valence-electron chi connectivity index (χ4n) is 3.87. The van der Waals surface area contributed by atoms with Gasteiger partial charge >= 0.3 is 0 Å². The first-order valence-electron chi connectivity index (χ1n) is 10.4. The fourth-order valence-corrected chi connectivity index (χ4v) is 3.87. The Morgan fingerprint density at radius 3 is 2.59 bits per heavy atom. The Labute approximate surface area is 170 Å². The average molecular weight is 402 g/mol.